The van der Waals surface area contributed by atoms with Crippen LogP contribution in [0.3, 0.4) is 0 Å². The number of hydrogen-bond acceptors (Lipinski definition) is 6. The van der Waals surface area contributed by atoms with Gasteiger partial charge in [-0.3, -0.25) is 4.79 Å². The maximum absolute atomic E-state index is 13.0. The van der Waals surface area contributed by atoms with Gasteiger partial charge in [-0.2, -0.15) is 17.9 Å². The van der Waals surface area contributed by atoms with Crippen LogP contribution in [0.4, 0.5) is 13.2 Å². The Morgan fingerprint density at radius 1 is 1.30 bits per heavy atom. The lowest BCUT2D eigenvalue weighted by atomic mass is 10.1. The number of benzene rings is 1. The predicted octanol–water partition coefficient (Wildman–Crippen LogP) is 3.89. The summed E-state index contributed by atoms with van der Waals surface area (Å²) in [6.45, 7) is 3.14. The molecule has 2 aromatic heterocycles. The molecule has 0 aliphatic rings. The van der Waals surface area contributed by atoms with E-state index in [1.165, 1.54) is 4.68 Å². The van der Waals surface area contributed by atoms with Gasteiger partial charge < -0.3 is 10.4 Å². The van der Waals surface area contributed by atoms with Gasteiger partial charge in [0.15, 0.2) is 5.82 Å². The van der Waals surface area contributed by atoms with Crippen molar-refractivity contribution in [2.45, 2.75) is 26.1 Å². The van der Waals surface area contributed by atoms with Crippen LogP contribution in [-0.2, 0) is 6.18 Å². The molecule has 8 nitrogen and oxygen atoms in total. The molecule has 0 bridgehead atoms. The molecule has 1 aromatic carbocycles. The molecule has 0 unspecified atom stereocenters. The van der Waals surface area contributed by atoms with E-state index in [-0.39, 0.29) is 26.4 Å². The number of aromatic nitrogens is 4. The van der Waals surface area contributed by atoms with Crippen molar-refractivity contribution in [2.75, 3.05) is 0 Å². The number of carboxylic acids is 1. The van der Waals surface area contributed by atoms with Crippen LogP contribution in [0.1, 0.15) is 50.2 Å². The highest BCUT2D eigenvalue weighted by Gasteiger charge is 2.32. The second-order valence-corrected chi connectivity index (χ2v) is 7.61. The number of aryl methyl sites for hydroxylation is 1. The fraction of sp³-hybridized carbons (Fsp3) is 0.235. The van der Waals surface area contributed by atoms with Crippen LogP contribution in [0.15, 0.2) is 24.4 Å². The molecule has 0 saturated heterocycles. The van der Waals surface area contributed by atoms with Gasteiger partial charge in [-0.05, 0) is 32.0 Å². The van der Waals surface area contributed by atoms with E-state index in [0.717, 1.165) is 29.7 Å². The number of nitrogens with one attached hydrogen (secondary N) is 1. The first kappa shape index (κ1) is 21.7. The van der Waals surface area contributed by atoms with Crippen molar-refractivity contribution < 1.29 is 27.9 Å². The number of rotatable bonds is 5. The number of amides is 1. The number of carbonyl (C=O) groups is 2. The van der Waals surface area contributed by atoms with Gasteiger partial charge >= 0.3 is 12.1 Å². The fourth-order valence-corrected chi connectivity index (χ4v) is 3.49. The minimum Gasteiger partial charge on any atom is -0.477 e. The minimum atomic E-state index is -4.66. The predicted molar refractivity (Wildman–Crippen MR) is 101 cm³/mol. The van der Waals surface area contributed by atoms with Crippen molar-refractivity contribution >= 4 is 34.8 Å². The van der Waals surface area contributed by atoms with Crippen LogP contribution in [0.2, 0.25) is 5.02 Å². The van der Waals surface area contributed by atoms with Crippen LogP contribution in [0.5, 0.6) is 0 Å². The van der Waals surface area contributed by atoms with Crippen LogP contribution in [0, 0.1) is 6.92 Å². The molecule has 2 heterocycles. The monoisotopic (exact) mass is 459 g/mol. The molecular weight excluding hydrogens is 447 g/mol. The summed E-state index contributed by atoms with van der Waals surface area (Å²) in [5, 5.41) is 15.7. The third kappa shape index (κ3) is 4.60. The van der Waals surface area contributed by atoms with Gasteiger partial charge in [0.2, 0.25) is 5.13 Å². The number of halogens is 4. The number of alkyl halides is 3. The fourth-order valence-electron chi connectivity index (χ4n) is 2.54. The highest BCUT2D eigenvalue weighted by molar-refractivity contribution is 7.15. The summed E-state index contributed by atoms with van der Waals surface area (Å²) in [5.74, 6) is -1.39. The largest absolute Gasteiger partial charge is 0.477 e. The topological polar surface area (TPSA) is 110 Å². The van der Waals surface area contributed by atoms with Gasteiger partial charge in [0.05, 0.1) is 17.8 Å². The third-order valence-corrected chi connectivity index (χ3v) is 5.02. The molecule has 2 N–H and O–H groups in total. The average Bonchev–Trinajstić information content (AvgIpc) is 3.27. The number of aromatic carboxylic acids is 1. The van der Waals surface area contributed by atoms with E-state index in [4.69, 9.17) is 16.7 Å². The molecule has 0 saturated carbocycles. The van der Waals surface area contributed by atoms with Gasteiger partial charge in [-0.1, -0.05) is 22.9 Å². The van der Waals surface area contributed by atoms with Crippen LogP contribution < -0.4 is 5.32 Å². The van der Waals surface area contributed by atoms with Crippen LogP contribution in [-0.4, -0.2) is 36.7 Å². The Labute approximate surface area is 176 Å². The molecule has 0 radical (unpaired) electrons. The van der Waals surface area contributed by atoms with E-state index in [9.17, 15) is 22.8 Å². The van der Waals surface area contributed by atoms with E-state index in [1.807, 2.05) is 0 Å². The smallest absolute Gasteiger partial charge is 0.416 e. The summed E-state index contributed by atoms with van der Waals surface area (Å²) < 4.78 is 40.2. The lowest BCUT2D eigenvalue weighted by molar-refractivity contribution is -0.137. The molecule has 0 fully saturated rings. The Balaban J connectivity index is 1.88. The molecule has 3 rings (SSSR count). The van der Waals surface area contributed by atoms with E-state index < -0.39 is 29.7 Å². The summed E-state index contributed by atoms with van der Waals surface area (Å²) in [5.41, 5.74) is -1.32. The van der Waals surface area contributed by atoms with Crippen LogP contribution in [0.25, 0.3) is 5.13 Å². The summed E-state index contributed by atoms with van der Waals surface area (Å²) in [4.78, 5) is 31.8. The standard InChI is InChI=1S/C17H13ClF3N5O3S/c1-7(23-14(27)9-3-10(17(19,20)21)5-11(18)4-9)13-24-8(2)25-26(13)16-22-6-12(30-16)15(28)29/h3-7H,1-2H3,(H,23,27)(H,28,29)/t7-/m0/s1. The number of hydrogen-bond donors (Lipinski definition) is 2. The Morgan fingerprint density at radius 3 is 2.60 bits per heavy atom. The Kier molecular flexibility index (Phi) is 5.81. The number of nitrogens with zero attached hydrogens (tertiary/aromatic N) is 4. The van der Waals surface area contributed by atoms with Crippen molar-refractivity contribution in [2.24, 2.45) is 0 Å². The van der Waals surface area contributed by atoms with E-state index >= 15 is 0 Å². The van der Waals surface area contributed by atoms with E-state index in [1.54, 1.807) is 13.8 Å². The maximum Gasteiger partial charge on any atom is 0.416 e. The molecule has 30 heavy (non-hydrogen) atoms. The molecule has 1 atom stereocenters. The van der Waals surface area contributed by atoms with Crippen LogP contribution >= 0.6 is 22.9 Å². The lowest BCUT2D eigenvalue weighted by Crippen LogP contribution is -2.29. The zero-order valence-electron chi connectivity index (χ0n) is 15.4. The first-order chi connectivity index (χ1) is 14.0. The third-order valence-electron chi connectivity index (χ3n) is 3.85. The maximum atomic E-state index is 13.0. The van der Waals surface area contributed by atoms with E-state index in [0.29, 0.717) is 11.9 Å². The second-order valence-electron chi connectivity index (χ2n) is 6.16. The number of carboxylic acid groups (broad SMARTS) is 1. The van der Waals surface area contributed by atoms with E-state index in [2.05, 4.69) is 20.4 Å². The van der Waals surface area contributed by atoms with Crippen molar-refractivity contribution in [1.82, 2.24) is 25.1 Å². The molecule has 0 spiro atoms. The zero-order valence-corrected chi connectivity index (χ0v) is 16.9. The highest BCUT2D eigenvalue weighted by atomic mass is 35.5. The summed E-state index contributed by atoms with van der Waals surface area (Å²) in [6, 6.07) is 1.76. The molecule has 3 aromatic rings. The van der Waals surface area contributed by atoms with Crippen molar-refractivity contribution in [3.8, 4) is 5.13 Å². The SMILES string of the molecule is Cc1nc([C@H](C)NC(=O)c2cc(Cl)cc(C(F)(F)F)c2)n(-c2ncc(C(=O)O)s2)n1. The average molecular weight is 460 g/mol. The molecule has 158 valence electrons. The second kappa shape index (κ2) is 8.03. The summed E-state index contributed by atoms with van der Waals surface area (Å²) in [6.07, 6.45) is -3.49. The van der Waals surface area contributed by atoms with Gasteiger partial charge in [0.1, 0.15) is 10.7 Å². The summed E-state index contributed by atoms with van der Waals surface area (Å²) in [7, 11) is 0. The van der Waals surface area contributed by atoms with Crippen molar-refractivity contribution in [3.63, 3.8) is 0 Å². The molecule has 13 heteroatoms. The zero-order chi connectivity index (χ0) is 22.2. The Morgan fingerprint density at radius 2 is 2.00 bits per heavy atom. The highest BCUT2D eigenvalue weighted by Crippen LogP contribution is 2.32. The quantitative estimate of drug-likeness (QED) is 0.599. The molecular formula is C17H13ClF3N5O3S. The van der Waals surface area contributed by atoms with Crippen molar-refractivity contribution in [3.05, 3.63) is 57.1 Å². The normalized spacial score (nSPS) is 12.6. The molecule has 0 aliphatic carbocycles. The summed E-state index contributed by atoms with van der Waals surface area (Å²) >= 11 is 6.58. The Hall–Kier alpha value is -2.99. The number of carbonyl (C=O) groups excluding carboxylic acids is 1. The van der Waals surface area contributed by atoms with Gasteiger partial charge in [-0.15, -0.1) is 5.10 Å². The number of thiazole rings is 1. The minimum absolute atomic E-state index is 0.0144. The van der Waals surface area contributed by atoms with Gasteiger partial charge in [0.25, 0.3) is 5.91 Å². The van der Waals surface area contributed by atoms with Gasteiger partial charge in [-0.25, -0.2) is 14.8 Å². The lowest BCUT2D eigenvalue weighted by Gasteiger charge is -2.15. The Bertz CT molecular complexity index is 1130. The first-order valence-electron chi connectivity index (χ1n) is 8.27. The molecule has 0 aliphatic heterocycles. The van der Waals surface area contributed by atoms with Crippen molar-refractivity contribution in [1.29, 1.82) is 0 Å². The molecule has 1 amide bonds. The first-order valence-corrected chi connectivity index (χ1v) is 9.47. The van der Waals surface area contributed by atoms with Gasteiger partial charge in [0, 0.05) is 10.6 Å².